The number of nitrogens with zero attached hydrogens (tertiary/aromatic N) is 3. The van der Waals surface area contributed by atoms with Gasteiger partial charge in [-0.05, 0) is 31.0 Å². The molecule has 1 saturated heterocycles. The molecule has 0 saturated carbocycles. The number of amides is 2. The second kappa shape index (κ2) is 8.86. The SMILES string of the molecule is O=C(NCCOc1ccccc1)NC1CCCN(c2ncccn2)C1. The van der Waals surface area contributed by atoms with Gasteiger partial charge >= 0.3 is 6.03 Å². The van der Waals surface area contributed by atoms with Crippen LogP contribution in [0.3, 0.4) is 0 Å². The van der Waals surface area contributed by atoms with Crippen LogP contribution in [-0.4, -0.2) is 48.3 Å². The van der Waals surface area contributed by atoms with Crippen LogP contribution in [0.25, 0.3) is 0 Å². The monoisotopic (exact) mass is 341 g/mol. The van der Waals surface area contributed by atoms with Crippen molar-refractivity contribution in [2.24, 2.45) is 0 Å². The Kier molecular flexibility index (Phi) is 6.03. The number of benzene rings is 1. The number of para-hydroxylation sites is 1. The Morgan fingerprint density at radius 3 is 2.80 bits per heavy atom. The number of carbonyl (C=O) groups is 1. The summed E-state index contributed by atoms with van der Waals surface area (Å²) in [5.41, 5.74) is 0. The van der Waals surface area contributed by atoms with E-state index in [2.05, 4.69) is 25.5 Å². The fourth-order valence-corrected chi connectivity index (χ4v) is 2.82. The largest absolute Gasteiger partial charge is 0.492 e. The fraction of sp³-hybridized carbons (Fsp3) is 0.389. The highest BCUT2D eigenvalue weighted by Gasteiger charge is 2.22. The Balaban J connectivity index is 1.37. The van der Waals surface area contributed by atoms with Gasteiger partial charge in [0.05, 0.1) is 6.54 Å². The Hall–Kier alpha value is -2.83. The van der Waals surface area contributed by atoms with Gasteiger partial charge in [-0.1, -0.05) is 18.2 Å². The Labute approximate surface area is 147 Å². The van der Waals surface area contributed by atoms with Crippen LogP contribution >= 0.6 is 0 Å². The third-order valence-electron chi connectivity index (χ3n) is 3.99. The summed E-state index contributed by atoms with van der Waals surface area (Å²) in [7, 11) is 0. The van der Waals surface area contributed by atoms with Gasteiger partial charge in [-0.15, -0.1) is 0 Å². The normalized spacial score (nSPS) is 17.0. The number of anilines is 1. The molecule has 0 spiro atoms. The molecule has 1 aromatic heterocycles. The summed E-state index contributed by atoms with van der Waals surface area (Å²) in [4.78, 5) is 22.7. The van der Waals surface area contributed by atoms with Crippen molar-refractivity contribution in [1.29, 1.82) is 0 Å². The first-order chi connectivity index (χ1) is 12.3. The minimum Gasteiger partial charge on any atom is -0.492 e. The van der Waals surface area contributed by atoms with Crippen LogP contribution in [0, 0.1) is 0 Å². The third kappa shape index (κ3) is 5.34. The van der Waals surface area contributed by atoms with Crippen molar-refractivity contribution in [2.45, 2.75) is 18.9 Å². The summed E-state index contributed by atoms with van der Waals surface area (Å²) in [5, 5.41) is 5.84. The predicted molar refractivity (Wildman–Crippen MR) is 95.7 cm³/mol. The number of aromatic nitrogens is 2. The molecule has 0 aliphatic carbocycles. The second-order valence-electron chi connectivity index (χ2n) is 5.90. The molecule has 1 aromatic carbocycles. The van der Waals surface area contributed by atoms with Gasteiger partial charge in [0, 0.05) is 31.5 Å². The van der Waals surface area contributed by atoms with E-state index in [1.807, 2.05) is 30.3 Å². The van der Waals surface area contributed by atoms with E-state index in [-0.39, 0.29) is 12.1 Å². The summed E-state index contributed by atoms with van der Waals surface area (Å²) < 4.78 is 5.55. The number of ether oxygens (including phenoxy) is 1. The lowest BCUT2D eigenvalue weighted by Crippen LogP contribution is -2.51. The summed E-state index contributed by atoms with van der Waals surface area (Å²) in [5.74, 6) is 1.51. The molecular weight excluding hydrogens is 318 g/mol. The zero-order valence-corrected chi connectivity index (χ0v) is 14.1. The van der Waals surface area contributed by atoms with Gasteiger partial charge in [0.15, 0.2) is 0 Å². The van der Waals surface area contributed by atoms with Crippen LogP contribution in [0.2, 0.25) is 0 Å². The molecule has 25 heavy (non-hydrogen) atoms. The van der Waals surface area contributed by atoms with E-state index < -0.39 is 0 Å². The third-order valence-corrected chi connectivity index (χ3v) is 3.99. The highest BCUT2D eigenvalue weighted by atomic mass is 16.5. The molecule has 132 valence electrons. The summed E-state index contributed by atoms with van der Waals surface area (Å²) >= 11 is 0. The maximum atomic E-state index is 12.0. The van der Waals surface area contributed by atoms with Gasteiger partial charge in [0.25, 0.3) is 0 Å². The summed E-state index contributed by atoms with van der Waals surface area (Å²) in [6.07, 6.45) is 5.43. The lowest BCUT2D eigenvalue weighted by molar-refractivity contribution is 0.231. The molecular formula is C18H23N5O2. The van der Waals surface area contributed by atoms with Crippen LogP contribution in [0.5, 0.6) is 5.75 Å². The molecule has 2 amide bonds. The van der Waals surface area contributed by atoms with Crippen LogP contribution in [0.1, 0.15) is 12.8 Å². The topological polar surface area (TPSA) is 79.4 Å². The minimum absolute atomic E-state index is 0.0904. The Morgan fingerprint density at radius 2 is 2.00 bits per heavy atom. The van der Waals surface area contributed by atoms with Crippen LogP contribution in [0.15, 0.2) is 48.8 Å². The summed E-state index contributed by atoms with van der Waals surface area (Å²) in [6, 6.07) is 11.3. The molecule has 1 fully saturated rings. The lowest BCUT2D eigenvalue weighted by atomic mass is 10.1. The maximum Gasteiger partial charge on any atom is 0.315 e. The molecule has 3 rings (SSSR count). The Morgan fingerprint density at radius 1 is 1.20 bits per heavy atom. The van der Waals surface area contributed by atoms with Crippen molar-refractivity contribution in [1.82, 2.24) is 20.6 Å². The van der Waals surface area contributed by atoms with Gasteiger partial charge in [-0.25, -0.2) is 14.8 Å². The first-order valence-corrected chi connectivity index (χ1v) is 8.55. The van der Waals surface area contributed by atoms with Crippen LogP contribution in [-0.2, 0) is 0 Å². The average Bonchev–Trinajstić information content (AvgIpc) is 2.67. The number of carbonyl (C=O) groups excluding carboxylic acids is 1. The quantitative estimate of drug-likeness (QED) is 0.784. The number of rotatable bonds is 6. The van der Waals surface area contributed by atoms with E-state index in [0.717, 1.165) is 31.7 Å². The smallest absolute Gasteiger partial charge is 0.315 e. The molecule has 0 radical (unpaired) electrons. The number of nitrogens with one attached hydrogen (secondary N) is 2. The van der Waals surface area contributed by atoms with E-state index in [0.29, 0.717) is 19.1 Å². The second-order valence-corrected chi connectivity index (χ2v) is 5.90. The van der Waals surface area contributed by atoms with E-state index >= 15 is 0 Å². The molecule has 7 heteroatoms. The summed E-state index contributed by atoms with van der Waals surface area (Å²) in [6.45, 7) is 2.53. The van der Waals surface area contributed by atoms with Crippen molar-refractivity contribution < 1.29 is 9.53 Å². The van der Waals surface area contributed by atoms with Crippen LogP contribution in [0.4, 0.5) is 10.7 Å². The predicted octanol–water partition coefficient (Wildman–Crippen LogP) is 1.82. The van der Waals surface area contributed by atoms with Gasteiger partial charge in [0.2, 0.25) is 5.95 Å². The average molecular weight is 341 g/mol. The molecule has 1 atom stereocenters. The van der Waals surface area contributed by atoms with E-state index in [9.17, 15) is 4.79 Å². The number of piperidine rings is 1. The van der Waals surface area contributed by atoms with E-state index in [1.165, 1.54) is 0 Å². The number of urea groups is 1. The molecule has 1 unspecified atom stereocenters. The van der Waals surface area contributed by atoms with Crippen molar-refractivity contribution >= 4 is 12.0 Å². The molecule has 7 nitrogen and oxygen atoms in total. The number of hydrogen-bond acceptors (Lipinski definition) is 5. The molecule has 2 N–H and O–H groups in total. The zero-order valence-electron chi connectivity index (χ0n) is 14.1. The maximum absolute atomic E-state index is 12.0. The zero-order chi connectivity index (χ0) is 17.3. The van der Waals surface area contributed by atoms with Crippen molar-refractivity contribution in [2.75, 3.05) is 31.1 Å². The van der Waals surface area contributed by atoms with Crippen molar-refractivity contribution in [3.8, 4) is 5.75 Å². The minimum atomic E-state index is -0.169. The van der Waals surface area contributed by atoms with Gasteiger partial charge in [0.1, 0.15) is 12.4 Å². The molecule has 2 heterocycles. The van der Waals surface area contributed by atoms with Crippen molar-refractivity contribution in [3.05, 3.63) is 48.8 Å². The number of hydrogen-bond donors (Lipinski definition) is 2. The first kappa shape index (κ1) is 17.0. The van der Waals surface area contributed by atoms with Gasteiger partial charge < -0.3 is 20.3 Å². The molecule has 0 bridgehead atoms. The highest BCUT2D eigenvalue weighted by Crippen LogP contribution is 2.15. The van der Waals surface area contributed by atoms with E-state index in [1.54, 1.807) is 18.5 Å². The molecule has 1 aliphatic rings. The first-order valence-electron chi connectivity index (χ1n) is 8.55. The van der Waals surface area contributed by atoms with E-state index in [4.69, 9.17) is 4.74 Å². The van der Waals surface area contributed by atoms with Crippen LogP contribution < -0.4 is 20.3 Å². The fourth-order valence-electron chi connectivity index (χ4n) is 2.82. The van der Waals surface area contributed by atoms with Crippen molar-refractivity contribution in [3.63, 3.8) is 0 Å². The highest BCUT2D eigenvalue weighted by molar-refractivity contribution is 5.74. The standard InChI is InChI=1S/C18H23N5O2/c24-18(21-11-13-25-16-7-2-1-3-8-16)22-15-6-4-12-23(14-15)17-19-9-5-10-20-17/h1-3,5,7-10,15H,4,6,11-14H2,(H2,21,22,24). The van der Waals surface area contributed by atoms with Gasteiger partial charge in [-0.3, -0.25) is 0 Å². The Bertz CT molecular complexity index is 653. The lowest BCUT2D eigenvalue weighted by Gasteiger charge is -2.33. The molecule has 1 aliphatic heterocycles. The van der Waals surface area contributed by atoms with Gasteiger partial charge in [-0.2, -0.15) is 0 Å². The molecule has 2 aromatic rings.